The van der Waals surface area contributed by atoms with Crippen molar-refractivity contribution in [3.8, 4) is 0 Å². The van der Waals surface area contributed by atoms with Gasteiger partial charge in [-0.25, -0.2) is 0 Å². The van der Waals surface area contributed by atoms with Crippen molar-refractivity contribution in [2.75, 3.05) is 13.6 Å². The SMILES string of the molecule is CNC(=O)C1CCCN1Cc1cccnc1CN. The standard InChI is InChI=1S/C13H20N4O/c1-15-13(18)12-5-3-7-17(12)9-10-4-2-6-16-11(10)8-14/h2,4,6,12H,3,5,7-9,14H2,1H3,(H,15,18). The molecule has 1 aromatic heterocycles. The first kappa shape index (κ1) is 13.0. The van der Waals surface area contributed by atoms with Crippen LogP contribution in [0.15, 0.2) is 18.3 Å². The first-order valence-corrected chi connectivity index (χ1v) is 6.34. The summed E-state index contributed by atoms with van der Waals surface area (Å²) in [6, 6.07) is 3.94. The van der Waals surface area contributed by atoms with E-state index in [1.807, 2.05) is 12.1 Å². The predicted octanol–water partition coefficient (Wildman–Crippen LogP) is 0.251. The average molecular weight is 248 g/mol. The van der Waals surface area contributed by atoms with Crippen molar-refractivity contribution in [2.45, 2.75) is 32.0 Å². The number of amides is 1. The zero-order valence-corrected chi connectivity index (χ0v) is 10.7. The van der Waals surface area contributed by atoms with Gasteiger partial charge in [-0.3, -0.25) is 14.7 Å². The number of nitrogens with zero attached hydrogens (tertiary/aromatic N) is 2. The van der Waals surface area contributed by atoms with Gasteiger partial charge in [-0.2, -0.15) is 0 Å². The summed E-state index contributed by atoms with van der Waals surface area (Å²) in [6.45, 7) is 2.14. The molecule has 5 nitrogen and oxygen atoms in total. The Morgan fingerprint density at radius 1 is 1.67 bits per heavy atom. The van der Waals surface area contributed by atoms with Crippen LogP contribution in [-0.4, -0.2) is 35.4 Å². The number of likely N-dealkylation sites (N-methyl/N-ethyl adjacent to an activating group) is 1. The number of nitrogens with one attached hydrogen (secondary N) is 1. The minimum absolute atomic E-state index is 0.0131. The predicted molar refractivity (Wildman–Crippen MR) is 69.6 cm³/mol. The fourth-order valence-electron chi connectivity index (χ4n) is 2.50. The molecule has 1 unspecified atom stereocenters. The lowest BCUT2D eigenvalue weighted by Gasteiger charge is -2.23. The molecule has 2 heterocycles. The third-order valence-electron chi connectivity index (χ3n) is 3.46. The van der Waals surface area contributed by atoms with E-state index < -0.39 is 0 Å². The van der Waals surface area contributed by atoms with Crippen LogP contribution < -0.4 is 11.1 Å². The molecule has 0 aliphatic carbocycles. The van der Waals surface area contributed by atoms with E-state index in [1.165, 1.54) is 0 Å². The number of hydrogen-bond acceptors (Lipinski definition) is 4. The van der Waals surface area contributed by atoms with Crippen LogP contribution in [0.25, 0.3) is 0 Å². The summed E-state index contributed by atoms with van der Waals surface area (Å²) in [5, 5.41) is 2.73. The van der Waals surface area contributed by atoms with Gasteiger partial charge in [0.1, 0.15) is 0 Å². The summed E-state index contributed by atoms with van der Waals surface area (Å²) >= 11 is 0. The Bertz CT molecular complexity index is 421. The van der Waals surface area contributed by atoms with Crippen molar-refractivity contribution < 1.29 is 4.79 Å². The van der Waals surface area contributed by atoms with Gasteiger partial charge in [-0.1, -0.05) is 6.07 Å². The van der Waals surface area contributed by atoms with E-state index in [1.54, 1.807) is 13.2 Å². The van der Waals surface area contributed by atoms with E-state index in [0.717, 1.165) is 37.2 Å². The van der Waals surface area contributed by atoms with Crippen molar-refractivity contribution in [3.05, 3.63) is 29.6 Å². The normalized spacial score (nSPS) is 20.0. The largest absolute Gasteiger partial charge is 0.358 e. The second-order valence-electron chi connectivity index (χ2n) is 4.56. The van der Waals surface area contributed by atoms with Crippen LogP contribution in [0.2, 0.25) is 0 Å². The molecule has 1 fully saturated rings. The number of rotatable bonds is 4. The first-order valence-electron chi connectivity index (χ1n) is 6.34. The summed E-state index contributed by atoms with van der Waals surface area (Å²) in [7, 11) is 1.69. The number of nitrogens with two attached hydrogens (primary N) is 1. The highest BCUT2D eigenvalue weighted by atomic mass is 16.2. The molecular formula is C13H20N4O. The van der Waals surface area contributed by atoms with Crippen LogP contribution >= 0.6 is 0 Å². The summed E-state index contributed by atoms with van der Waals surface area (Å²) in [5.41, 5.74) is 7.72. The Morgan fingerprint density at radius 2 is 2.50 bits per heavy atom. The van der Waals surface area contributed by atoms with Gasteiger partial charge < -0.3 is 11.1 Å². The minimum Gasteiger partial charge on any atom is -0.358 e. The molecule has 0 aromatic carbocycles. The van der Waals surface area contributed by atoms with Crippen molar-refractivity contribution in [3.63, 3.8) is 0 Å². The third kappa shape index (κ3) is 2.68. The number of carbonyl (C=O) groups excluding carboxylic acids is 1. The van der Waals surface area contributed by atoms with Crippen LogP contribution in [0.3, 0.4) is 0 Å². The molecule has 0 spiro atoms. The Labute approximate surface area is 107 Å². The lowest BCUT2D eigenvalue weighted by Crippen LogP contribution is -2.41. The van der Waals surface area contributed by atoms with Gasteiger partial charge in [0.05, 0.1) is 11.7 Å². The number of likely N-dealkylation sites (tertiary alicyclic amines) is 1. The number of carbonyl (C=O) groups is 1. The molecule has 1 amide bonds. The molecule has 1 saturated heterocycles. The van der Waals surface area contributed by atoms with E-state index in [-0.39, 0.29) is 11.9 Å². The maximum absolute atomic E-state index is 11.8. The van der Waals surface area contributed by atoms with E-state index in [4.69, 9.17) is 5.73 Å². The lowest BCUT2D eigenvalue weighted by atomic mass is 10.1. The van der Waals surface area contributed by atoms with Gasteiger partial charge in [0.25, 0.3) is 0 Å². The van der Waals surface area contributed by atoms with Crippen molar-refractivity contribution in [2.24, 2.45) is 5.73 Å². The molecule has 0 radical (unpaired) electrons. The fourth-order valence-corrected chi connectivity index (χ4v) is 2.50. The van der Waals surface area contributed by atoms with Crippen molar-refractivity contribution >= 4 is 5.91 Å². The zero-order chi connectivity index (χ0) is 13.0. The van der Waals surface area contributed by atoms with E-state index >= 15 is 0 Å². The van der Waals surface area contributed by atoms with Crippen LogP contribution in [0.5, 0.6) is 0 Å². The molecule has 1 atom stereocenters. The summed E-state index contributed by atoms with van der Waals surface area (Å²) in [6.07, 6.45) is 3.75. The Balaban J connectivity index is 2.10. The number of aromatic nitrogens is 1. The minimum atomic E-state index is -0.0131. The van der Waals surface area contributed by atoms with Crippen LogP contribution in [0, 0.1) is 0 Å². The van der Waals surface area contributed by atoms with E-state index in [0.29, 0.717) is 6.54 Å². The highest BCUT2D eigenvalue weighted by molar-refractivity contribution is 5.81. The van der Waals surface area contributed by atoms with Gasteiger partial charge in [0.2, 0.25) is 5.91 Å². The quantitative estimate of drug-likeness (QED) is 0.801. The molecule has 1 aliphatic rings. The molecule has 18 heavy (non-hydrogen) atoms. The maximum Gasteiger partial charge on any atom is 0.237 e. The van der Waals surface area contributed by atoms with Crippen molar-refractivity contribution in [1.82, 2.24) is 15.2 Å². The molecule has 5 heteroatoms. The molecular weight excluding hydrogens is 228 g/mol. The molecule has 2 rings (SSSR count). The van der Waals surface area contributed by atoms with Gasteiger partial charge in [-0.15, -0.1) is 0 Å². The number of hydrogen-bond donors (Lipinski definition) is 2. The van der Waals surface area contributed by atoms with E-state index in [2.05, 4.69) is 15.2 Å². The van der Waals surface area contributed by atoms with Crippen LogP contribution in [0.1, 0.15) is 24.1 Å². The molecule has 1 aromatic rings. The van der Waals surface area contributed by atoms with E-state index in [9.17, 15) is 4.79 Å². The van der Waals surface area contributed by atoms with Crippen LogP contribution in [0.4, 0.5) is 0 Å². The molecule has 0 saturated carbocycles. The van der Waals surface area contributed by atoms with Gasteiger partial charge in [0.15, 0.2) is 0 Å². The average Bonchev–Trinajstić information content (AvgIpc) is 2.86. The summed E-state index contributed by atoms with van der Waals surface area (Å²) in [4.78, 5) is 18.3. The Kier molecular flexibility index (Phi) is 4.28. The molecule has 1 aliphatic heterocycles. The lowest BCUT2D eigenvalue weighted by molar-refractivity contribution is -0.125. The third-order valence-corrected chi connectivity index (χ3v) is 3.46. The smallest absolute Gasteiger partial charge is 0.237 e. The van der Waals surface area contributed by atoms with Crippen molar-refractivity contribution in [1.29, 1.82) is 0 Å². The zero-order valence-electron chi connectivity index (χ0n) is 10.7. The Hall–Kier alpha value is -1.46. The highest BCUT2D eigenvalue weighted by Crippen LogP contribution is 2.21. The molecule has 3 N–H and O–H groups in total. The molecule has 98 valence electrons. The second-order valence-corrected chi connectivity index (χ2v) is 4.56. The molecule has 0 bridgehead atoms. The summed E-state index contributed by atoms with van der Waals surface area (Å²) in [5.74, 6) is 0.102. The Morgan fingerprint density at radius 3 is 3.22 bits per heavy atom. The number of pyridine rings is 1. The van der Waals surface area contributed by atoms with Gasteiger partial charge in [0, 0.05) is 26.3 Å². The van der Waals surface area contributed by atoms with Gasteiger partial charge >= 0.3 is 0 Å². The first-order chi connectivity index (χ1) is 8.76. The monoisotopic (exact) mass is 248 g/mol. The fraction of sp³-hybridized carbons (Fsp3) is 0.538. The maximum atomic E-state index is 11.8. The van der Waals surface area contributed by atoms with Gasteiger partial charge in [-0.05, 0) is 31.0 Å². The summed E-state index contributed by atoms with van der Waals surface area (Å²) < 4.78 is 0. The topological polar surface area (TPSA) is 71.2 Å². The van der Waals surface area contributed by atoms with Crippen LogP contribution in [-0.2, 0) is 17.9 Å². The second kappa shape index (κ2) is 5.93. The highest BCUT2D eigenvalue weighted by Gasteiger charge is 2.30.